The molecule has 76 heavy (non-hydrogen) atoms. The number of hydrogen-bond acceptors (Lipinski definition) is 7. The van der Waals surface area contributed by atoms with Crippen molar-refractivity contribution in [1.29, 1.82) is 0 Å². The number of phosphoric ester groups is 1. The van der Waals surface area contributed by atoms with Crippen molar-refractivity contribution in [3.8, 4) is 0 Å². The fraction of sp³-hybridized carbons (Fsp3) is 0.788. The standard InChI is InChI=1S/C66H121N2O7P/c1-7-10-13-16-19-22-25-28-30-31-32-33-34-35-36-37-38-41-44-47-50-53-56-59-66(70)75-64(57-54-51-48-45-42-39-27-24-21-18-15-12-9-3)63(62-74-76(71,72)73-61-60-68(4,5)6)67-65(69)58-55-52-49-46-43-40-29-26-23-20-17-14-11-8-2/h11,14,19-20,22-23,28,30,32-33,54,57,63-64H,7-10,12-13,15-18,21,24-27,29,31,34-53,55-56,58-62H2,1-6H3,(H-,67,69,71,72)/b14-11+,22-19-,23-20+,30-28-,33-32-,57-54-. The van der Waals surface area contributed by atoms with Crippen LogP contribution in [0.25, 0.3) is 0 Å². The maximum atomic E-state index is 13.5. The minimum absolute atomic E-state index is 0.0264. The summed E-state index contributed by atoms with van der Waals surface area (Å²) in [5.41, 5.74) is 0. The molecule has 0 aromatic rings. The van der Waals surface area contributed by atoms with Crippen LogP contribution in [-0.4, -0.2) is 69.4 Å². The first-order valence-electron chi connectivity index (χ1n) is 31.7. The van der Waals surface area contributed by atoms with Gasteiger partial charge in [0.05, 0.1) is 33.8 Å². The van der Waals surface area contributed by atoms with Gasteiger partial charge in [-0.05, 0) is 96.0 Å². The van der Waals surface area contributed by atoms with Crippen LogP contribution < -0.4 is 10.2 Å². The van der Waals surface area contributed by atoms with Crippen LogP contribution in [0.4, 0.5) is 0 Å². The predicted molar refractivity (Wildman–Crippen MR) is 325 cm³/mol. The normalized spacial score (nSPS) is 14.1. The summed E-state index contributed by atoms with van der Waals surface area (Å²) in [7, 11) is 1.17. The lowest BCUT2D eigenvalue weighted by molar-refractivity contribution is -0.870. The number of nitrogens with zero attached hydrogens (tertiary/aromatic N) is 1. The molecule has 1 N–H and O–H groups in total. The minimum atomic E-state index is -4.70. The summed E-state index contributed by atoms with van der Waals surface area (Å²) < 4.78 is 30.3. The van der Waals surface area contributed by atoms with Gasteiger partial charge in [-0.15, -0.1) is 0 Å². The molecular weight excluding hydrogens is 964 g/mol. The molecule has 10 heteroatoms. The molecule has 0 aromatic heterocycles. The van der Waals surface area contributed by atoms with Gasteiger partial charge >= 0.3 is 5.97 Å². The van der Waals surface area contributed by atoms with Gasteiger partial charge in [0.15, 0.2) is 0 Å². The first-order valence-corrected chi connectivity index (χ1v) is 33.2. The van der Waals surface area contributed by atoms with Gasteiger partial charge in [-0.3, -0.25) is 14.2 Å². The number of carbonyl (C=O) groups excluding carboxylic acids is 2. The van der Waals surface area contributed by atoms with E-state index in [2.05, 4.69) is 86.8 Å². The van der Waals surface area contributed by atoms with Crippen LogP contribution in [0.1, 0.15) is 284 Å². The Morgan fingerprint density at radius 2 is 0.842 bits per heavy atom. The first-order chi connectivity index (χ1) is 36.9. The molecule has 0 fully saturated rings. The molecule has 0 aromatic carbocycles. The third-order valence-electron chi connectivity index (χ3n) is 13.9. The second-order valence-corrected chi connectivity index (χ2v) is 23.9. The number of phosphoric acid groups is 1. The first kappa shape index (κ1) is 73.5. The molecule has 0 rings (SSSR count). The van der Waals surface area contributed by atoms with Gasteiger partial charge in [0.1, 0.15) is 19.3 Å². The Hall–Kier alpha value is -2.55. The monoisotopic (exact) mass is 1080 g/mol. The van der Waals surface area contributed by atoms with E-state index in [4.69, 9.17) is 13.8 Å². The number of nitrogens with one attached hydrogen (secondary N) is 1. The number of hydrogen-bond donors (Lipinski definition) is 1. The van der Waals surface area contributed by atoms with E-state index in [1.54, 1.807) is 0 Å². The summed E-state index contributed by atoms with van der Waals surface area (Å²) in [6, 6.07) is -0.896. The number of unbranched alkanes of at least 4 members (excludes halogenated alkanes) is 31. The summed E-state index contributed by atoms with van der Waals surface area (Å²) in [5, 5.41) is 3.02. The Morgan fingerprint density at radius 1 is 0.474 bits per heavy atom. The van der Waals surface area contributed by atoms with Gasteiger partial charge < -0.3 is 28.5 Å². The molecule has 0 radical (unpaired) electrons. The smallest absolute Gasteiger partial charge is 0.306 e. The quantitative estimate of drug-likeness (QED) is 0.0212. The molecule has 0 saturated heterocycles. The molecular formula is C66H121N2O7P. The van der Waals surface area contributed by atoms with Gasteiger partial charge in [0.2, 0.25) is 5.91 Å². The van der Waals surface area contributed by atoms with E-state index in [0.29, 0.717) is 17.4 Å². The van der Waals surface area contributed by atoms with E-state index >= 15 is 0 Å². The lowest BCUT2D eigenvalue weighted by Gasteiger charge is -2.30. The fourth-order valence-electron chi connectivity index (χ4n) is 8.98. The Bertz CT molecular complexity index is 1530. The summed E-state index contributed by atoms with van der Waals surface area (Å²) >= 11 is 0. The summed E-state index contributed by atoms with van der Waals surface area (Å²) in [5.74, 6) is -0.552. The van der Waals surface area contributed by atoms with Crippen LogP contribution >= 0.6 is 7.82 Å². The van der Waals surface area contributed by atoms with Gasteiger partial charge in [0, 0.05) is 12.8 Å². The van der Waals surface area contributed by atoms with Crippen molar-refractivity contribution in [2.75, 3.05) is 40.9 Å². The number of esters is 1. The Balaban J connectivity index is 5.21. The van der Waals surface area contributed by atoms with Gasteiger partial charge in [0.25, 0.3) is 7.82 Å². The number of ether oxygens (including phenoxy) is 1. The molecule has 0 aliphatic carbocycles. The average molecular weight is 1090 g/mol. The highest BCUT2D eigenvalue weighted by Crippen LogP contribution is 2.38. The molecule has 442 valence electrons. The maximum absolute atomic E-state index is 13.5. The third kappa shape index (κ3) is 56.2. The lowest BCUT2D eigenvalue weighted by Crippen LogP contribution is -2.47. The van der Waals surface area contributed by atoms with E-state index < -0.39 is 26.6 Å². The molecule has 3 unspecified atom stereocenters. The Labute approximate surface area is 470 Å². The highest BCUT2D eigenvalue weighted by molar-refractivity contribution is 7.45. The maximum Gasteiger partial charge on any atom is 0.306 e. The van der Waals surface area contributed by atoms with Crippen molar-refractivity contribution in [3.63, 3.8) is 0 Å². The predicted octanol–water partition coefficient (Wildman–Crippen LogP) is 19.0. The zero-order chi connectivity index (χ0) is 55.7. The molecule has 0 heterocycles. The SMILES string of the molecule is CC/C=C/C/C=C/CCCCCCCCCC(=O)NC(COP(=O)([O-])OCC[N+](C)(C)C)C(/C=C\CCCCCCCCCCCCC)OC(=O)CCCCCCCCCCCC/C=C\C/C=C\C/C=C\CCCCC. The minimum Gasteiger partial charge on any atom is -0.756 e. The van der Waals surface area contributed by atoms with Crippen LogP contribution in [0, 0.1) is 0 Å². The van der Waals surface area contributed by atoms with Gasteiger partial charge in [-0.1, -0.05) is 248 Å². The van der Waals surface area contributed by atoms with Crippen molar-refractivity contribution < 1.29 is 37.3 Å². The van der Waals surface area contributed by atoms with E-state index in [9.17, 15) is 19.0 Å². The van der Waals surface area contributed by atoms with Crippen LogP contribution in [-0.2, 0) is 27.9 Å². The molecule has 0 spiro atoms. The zero-order valence-electron chi connectivity index (χ0n) is 50.4. The van der Waals surface area contributed by atoms with E-state index in [1.165, 1.54) is 148 Å². The molecule has 3 atom stereocenters. The van der Waals surface area contributed by atoms with Crippen LogP contribution in [0.15, 0.2) is 72.9 Å². The summed E-state index contributed by atoms with van der Waals surface area (Å²) in [4.78, 5) is 40.0. The highest BCUT2D eigenvalue weighted by Gasteiger charge is 2.27. The third-order valence-corrected chi connectivity index (χ3v) is 14.8. The molecule has 1 amide bonds. The number of allylic oxidation sites excluding steroid dienone is 11. The van der Waals surface area contributed by atoms with Gasteiger partial charge in [-0.2, -0.15) is 0 Å². The highest BCUT2D eigenvalue weighted by atomic mass is 31.2. The number of quaternary nitrogens is 1. The van der Waals surface area contributed by atoms with Crippen LogP contribution in [0.2, 0.25) is 0 Å². The van der Waals surface area contributed by atoms with Crippen molar-refractivity contribution >= 4 is 19.7 Å². The molecule has 0 aliphatic rings. The average Bonchev–Trinajstić information content (AvgIpc) is 3.38. The molecule has 0 aliphatic heterocycles. The number of likely N-dealkylation sites (N-methyl/N-ethyl adjacent to an activating group) is 1. The van der Waals surface area contributed by atoms with E-state index in [0.717, 1.165) is 103 Å². The lowest BCUT2D eigenvalue weighted by atomic mass is 10.0. The Morgan fingerprint density at radius 3 is 1.29 bits per heavy atom. The number of rotatable bonds is 57. The fourth-order valence-corrected chi connectivity index (χ4v) is 9.70. The summed E-state index contributed by atoms with van der Waals surface area (Å²) in [6.07, 6.45) is 71.5. The zero-order valence-corrected chi connectivity index (χ0v) is 51.3. The van der Waals surface area contributed by atoms with E-state index in [-0.39, 0.29) is 24.9 Å². The van der Waals surface area contributed by atoms with Gasteiger partial charge in [-0.25, -0.2) is 0 Å². The number of amides is 1. The molecule has 0 saturated carbocycles. The van der Waals surface area contributed by atoms with Crippen molar-refractivity contribution in [2.45, 2.75) is 296 Å². The molecule has 0 bridgehead atoms. The second kappa shape index (κ2) is 55.8. The largest absolute Gasteiger partial charge is 0.756 e. The van der Waals surface area contributed by atoms with Crippen molar-refractivity contribution in [1.82, 2.24) is 5.32 Å². The topological polar surface area (TPSA) is 114 Å². The summed E-state index contributed by atoms with van der Waals surface area (Å²) in [6.45, 7) is 6.72. The Kier molecular flexibility index (Phi) is 53.9. The van der Waals surface area contributed by atoms with E-state index in [1.807, 2.05) is 33.3 Å². The van der Waals surface area contributed by atoms with Crippen LogP contribution in [0.3, 0.4) is 0 Å². The van der Waals surface area contributed by atoms with Crippen molar-refractivity contribution in [3.05, 3.63) is 72.9 Å². The van der Waals surface area contributed by atoms with Crippen molar-refractivity contribution in [2.24, 2.45) is 0 Å². The van der Waals surface area contributed by atoms with Crippen LogP contribution in [0.5, 0.6) is 0 Å². The molecule has 9 nitrogen and oxygen atoms in total. The second-order valence-electron chi connectivity index (χ2n) is 22.5. The number of carbonyl (C=O) groups is 2.